The first-order valence-corrected chi connectivity index (χ1v) is 7.30. The minimum atomic E-state index is -0.528. The normalized spacial score (nSPS) is 18.1. The van der Waals surface area contributed by atoms with Crippen molar-refractivity contribution < 1.29 is 9.90 Å². The Balaban J connectivity index is 2.56. The van der Waals surface area contributed by atoms with E-state index in [1.165, 1.54) is 0 Å². The molecule has 0 saturated heterocycles. The zero-order valence-electron chi connectivity index (χ0n) is 13.3. The number of hydrogen-bond acceptors (Lipinski definition) is 2. The van der Waals surface area contributed by atoms with Gasteiger partial charge in [-0.15, -0.1) is 0 Å². The molecule has 3 heteroatoms. The maximum atomic E-state index is 12.1. The lowest BCUT2D eigenvalue weighted by Gasteiger charge is -2.22. The third-order valence-corrected chi connectivity index (χ3v) is 4.47. The second kappa shape index (κ2) is 4.88. The maximum absolute atomic E-state index is 12.1. The average Bonchev–Trinajstić information content (AvgIpc) is 2.55. The van der Waals surface area contributed by atoms with Crippen molar-refractivity contribution in [1.82, 2.24) is 0 Å². The third-order valence-electron chi connectivity index (χ3n) is 4.47. The molecule has 3 nitrogen and oxygen atoms in total. The van der Waals surface area contributed by atoms with E-state index in [-0.39, 0.29) is 5.91 Å². The highest BCUT2D eigenvalue weighted by Gasteiger charge is 2.40. The van der Waals surface area contributed by atoms with Crippen LogP contribution in [-0.2, 0) is 10.2 Å². The Labute approximate surface area is 121 Å². The molecule has 1 atom stereocenters. The van der Waals surface area contributed by atoms with Gasteiger partial charge in [0.1, 0.15) is 0 Å². The van der Waals surface area contributed by atoms with Crippen molar-refractivity contribution in [2.45, 2.75) is 59.5 Å². The van der Waals surface area contributed by atoms with Crippen molar-refractivity contribution in [2.24, 2.45) is 5.92 Å². The first-order chi connectivity index (χ1) is 9.16. The van der Waals surface area contributed by atoms with E-state index in [1.807, 2.05) is 33.8 Å². The van der Waals surface area contributed by atoms with Crippen molar-refractivity contribution >= 4 is 11.6 Å². The number of benzene rings is 1. The number of nitrogens with one attached hydrogen (secondary N) is 1. The smallest absolute Gasteiger partial charge is 0.234 e. The summed E-state index contributed by atoms with van der Waals surface area (Å²) in [6.07, 6.45) is 0.270. The van der Waals surface area contributed by atoms with Gasteiger partial charge in [-0.25, -0.2) is 0 Å². The summed E-state index contributed by atoms with van der Waals surface area (Å²) < 4.78 is 0. The molecule has 0 bridgehead atoms. The number of aliphatic hydroxyl groups is 1. The monoisotopic (exact) mass is 275 g/mol. The quantitative estimate of drug-likeness (QED) is 0.885. The molecule has 0 saturated carbocycles. The van der Waals surface area contributed by atoms with Crippen LogP contribution in [0.2, 0.25) is 0 Å². The van der Waals surface area contributed by atoms with Crippen LogP contribution in [0.5, 0.6) is 0 Å². The Hall–Kier alpha value is -1.35. The highest BCUT2D eigenvalue weighted by molar-refractivity contribution is 6.06. The minimum Gasteiger partial charge on any atom is -0.388 e. The Bertz CT molecular complexity index is 559. The van der Waals surface area contributed by atoms with E-state index in [0.717, 1.165) is 34.4 Å². The van der Waals surface area contributed by atoms with Crippen LogP contribution in [0.25, 0.3) is 0 Å². The summed E-state index contributed by atoms with van der Waals surface area (Å²) in [7, 11) is 0. The van der Waals surface area contributed by atoms with Gasteiger partial charge in [-0.3, -0.25) is 4.79 Å². The summed E-state index contributed by atoms with van der Waals surface area (Å²) in [6.45, 7) is 12.1. The number of carbonyl (C=O) groups is 1. The second-order valence-electron chi connectivity index (χ2n) is 6.86. The molecular formula is C17H25NO2. The van der Waals surface area contributed by atoms with E-state index in [1.54, 1.807) is 0 Å². The summed E-state index contributed by atoms with van der Waals surface area (Å²) in [6, 6.07) is 2.02. The van der Waals surface area contributed by atoms with Crippen LogP contribution in [0.1, 0.15) is 62.5 Å². The number of anilines is 1. The highest BCUT2D eigenvalue weighted by Crippen LogP contribution is 2.43. The van der Waals surface area contributed by atoms with E-state index in [9.17, 15) is 9.90 Å². The minimum absolute atomic E-state index is 0.0329. The van der Waals surface area contributed by atoms with Crippen LogP contribution in [-0.4, -0.2) is 11.0 Å². The molecule has 1 heterocycles. The van der Waals surface area contributed by atoms with Gasteiger partial charge in [-0.2, -0.15) is 0 Å². The fraction of sp³-hybridized carbons (Fsp3) is 0.588. The Morgan fingerprint density at radius 3 is 2.40 bits per heavy atom. The summed E-state index contributed by atoms with van der Waals surface area (Å²) in [4.78, 5) is 12.1. The number of aliphatic hydroxyl groups excluding tert-OH is 1. The molecule has 1 aliphatic rings. The molecule has 1 unspecified atom stereocenters. The summed E-state index contributed by atoms with van der Waals surface area (Å²) in [5.41, 5.74) is 4.51. The molecule has 0 radical (unpaired) electrons. The number of hydrogen-bond donors (Lipinski definition) is 2. The predicted octanol–water partition coefficient (Wildman–Crippen LogP) is 3.61. The van der Waals surface area contributed by atoms with Crippen LogP contribution in [0.15, 0.2) is 6.07 Å². The van der Waals surface area contributed by atoms with Gasteiger partial charge in [-0.1, -0.05) is 13.8 Å². The first kappa shape index (κ1) is 15.0. The van der Waals surface area contributed by atoms with Crippen LogP contribution >= 0.6 is 0 Å². The standard InChI is InChI=1S/C17H25NO2/c1-9(2)7-14(19)12-8-13-15(11(4)10(12)3)18-16(20)17(13,5)6/h8-9,14,19H,7H2,1-6H3,(H,18,20). The van der Waals surface area contributed by atoms with E-state index in [4.69, 9.17) is 0 Å². The van der Waals surface area contributed by atoms with E-state index < -0.39 is 11.5 Å². The first-order valence-electron chi connectivity index (χ1n) is 7.30. The third kappa shape index (κ3) is 2.24. The number of fused-ring (bicyclic) bond motifs is 1. The Kier molecular flexibility index (Phi) is 3.67. The van der Waals surface area contributed by atoms with Gasteiger partial charge in [0.25, 0.3) is 0 Å². The van der Waals surface area contributed by atoms with Crippen molar-refractivity contribution in [3.8, 4) is 0 Å². The molecule has 110 valence electrons. The Morgan fingerprint density at radius 2 is 1.85 bits per heavy atom. The Morgan fingerprint density at radius 1 is 1.25 bits per heavy atom. The molecule has 1 aliphatic heterocycles. The second-order valence-corrected chi connectivity index (χ2v) is 6.86. The van der Waals surface area contributed by atoms with Crippen molar-refractivity contribution in [3.05, 3.63) is 28.3 Å². The zero-order chi connectivity index (χ0) is 15.2. The summed E-state index contributed by atoms with van der Waals surface area (Å²) in [5.74, 6) is 0.469. The largest absolute Gasteiger partial charge is 0.388 e. The topological polar surface area (TPSA) is 49.3 Å². The fourth-order valence-electron chi connectivity index (χ4n) is 2.91. The summed E-state index contributed by atoms with van der Waals surface area (Å²) >= 11 is 0. The molecule has 0 aromatic heterocycles. The van der Waals surface area contributed by atoms with Gasteiger partial charge < -0.3 is 10.4 Å². The molecule has 0 fully saturated rings. The molecule has 0 spiro atoms. The van der Waals surface area contributed by atoms with E-state index in [0.29, 0.717) is 5.92 Å². The molecule has 20 heavy (non-hydrogen) atoms. The van der Waals surface area contributed by atoms with Crippen LogP contribution < -0.4 is 5.32 Å². The molecule has 1 aromatic carbocycles. The number of carbonyl (C=O) groups excluding carboxylic acids is 1. The predicted molar refractivity (Wildman–Crippen MR) is 82.0 cm³/mol. The van der Waals surface area contributed by atoms with Gasteiger partial charge in [-0.05, 0) is 68.4 Å². The highest BCUT2D eigenvalue weighted by atomic mass is 16.3. The van der Waals surface area contributed by atoms with Gasteiger partial charge in [0, 0.05) is 5.69 Å². The van der Waals surface area contributed by atoms with Crippen molar-refractivity contribution in [1.29, 1.82) is 0 Å². The van der Waals surface area contributed by atoms with Crippen LogP contribution in [0.3, 0.4) is 0 Å². The lowest BCUT2D eigenvalue weighted by Crippen LogP contribution is -2.27. The van der Waals surface area contributed by atoms with Crippen molar-refractivity contribution in [2.75, 3.05) is 5.32 Å². The lowest BCUT2D eigenvalue weighted by molar-refractivity contribution is -0.119. The van der Waals surface area contributed by atoms with Crippen LogP contribution in [0, 0.1) is 19.8 Å². The molecule has 1 amide bonds. The van der Waals surface area contributed by atoms with Gasteiger partial charge >= 0.3 is 0 Å². The van der Waals surface area contributed by atoms with Crippen LogP contribution in [0.4, 0.5) is 5.69 Å². The molecular weight excluding hydrogens is 250 g/mol. The van der Waals surface area contributed by atoms with E-state index in [2.05, 4.69) is 19.2 Å². The average molecular weight is 275 g/mol. The number of amides is 1. The molecule has 2 N–H and O–H groups in total. The molecule has 0 aliphatic carbocycles. The van der Waals surface area contributed by atoms with Gasteiger partial charge in [0.05, 0.1) is 11.5 Å². The summed E-state index contributed by atoms with van der Waals surface area (Å²) in [5, 5.41) is 13.4. The van der Waals surface area contributed by atoms with Gasteiger partial charge in [0.15, 0.2) is 0 Å². The SMILES string of the molecule is Cc1c(C(O)CC(C)C)cc2c(c1C)NC(=O)C2(C)C. The van der Waals surface area contributed by atoms with Gasteiger partial charge in [0.2, 0.25) is 5.91 Å². The molecule has 1 aromatic rings. The van der Waals surface area contributed by atoms with E-state index >= 15 is 0 Å². The van der Waals surface area contributed by atoms with Crippen molar-refractivity contribution in [3.63, 3.8) is 0 Å². The lowest BCUT2D eigenvalue weighted by atomic mass is 9.82. The zero-order valence-corrected chi connectivity index (χ0v) is 13.3. The molecule has 2 rings (SSSR count). The fourth-order valence-corrected chi connectivity index (χ4v) is 2.91. The maximum Gasteiger partial charge on any atom is 0.234 e. The number of rotatable bonds is 3.